The van der Waals surface area contributed by atoms with E-state index in [2.05, 4.69) is 5.32 Å². The number of hydrogen-bond acceptors (Lipinski definition) is 2. The van der Waals surface area contributed by atoms with E-state index >= 15 is 0 Å². The van der Waals surface area contributed by atoms with Crippen LogP contribution in [0.25, 0.3) is 0 Å². The molecule has 1 fully saturated rings. The van der Waals surface area contributed by atoms with Gasteiger partial charge in [0.1, 0.15) is 5.82 Å². The maximum atomic E-state index is 12.9. The molecule has 0 radical (unpaired) electrons. The Kier molecular flexibility index (Phi) is 4.84. The minimum absolute atomic E-state index is 0.0103. The van der Waals surface area contributed by atoms with Crippen LogP contribution in [0.15, 0.2) is 24.3 Å². The van der Waals surface area contributed by atoms with Crippen molar-refractivity contribution in [3.8, 4) is 0 Å². The molecule has 1 N–H and O–H groups in total. The molecule has 2 amide bonds. The van der Waals surface area contributed by atoms with Gasteiger partial charge in [0, 0.05) is 25.0 Å². The van der Waals surface area contributed by atoms with Crippen LogP contribution in [0.3, 0.4) is 0 Å². The third kappa shape index (κ3) is 4.55. The molecule has 0 spiro atoms. The maximum Gasteiger partial charge on any atom is 0.225 e. The highest BCUT2D eigenvalue weighted by Crippen LogP contribution is 2.19. The highest BCUT2D eigenvalue weighted by molar-refractivity contribution is 5.89. The van der Waals surface area contributed by atoms with Crippen molar-refractivity contribution in [2.45, 2.75) is 39.2 Å². The lowest BCUT2D eigenvalue weighted by atomic mass is 10.0. The average molecular weight is 306 g/mol. The Labute approximate surface area is 130 Å². The fraction of sp³-hybridized carbons (Fsp3) is 0.529. The average Bonchev–Trinajstić information content (AvgIpc) is 2.78. The van der Waals surface area contributed by atoms with E-state index in [1.807, 2.05) is 20.8 Å². The van der Waals surface area contributed by atoms with Crippen LogP contribution < -0.4 is 5.32 Å². The molecule has 0 saturated carbocycles. The minimum atomic E-state index is -0.290. The molecule has 1 saturated heterocycles. The number of likely N-dealkylation sites (tertiary alicyclic amines) is 1. The van der Waals surface area contributed by atoms with Crippen LogP contribution in [0.2, 0.25) is 0 Å². The first-order valence-corrected chi connectivity index (χ1v) is 7.59. The highest BCUT2D eigenvalue weighted by atomic mass is 19.1. The van der Waals surface area contributed by atoms with Crippen LogP contribution in [-0.2, 0) is 16.0 Å². The topological polar surface area (TPSA) is 49.4 Å². The van der Waals surface area contributed by atoms with Crippen molar-refractivity contribution in [1.29, 1.82) is 0 Å². The zero-order chi connectivity index (χ0) is 16.3. The summed E-state index contributed by atoms with van der Waals surface area (Å²) in [6.07, 6.45) is 0.935. The quantitative estimate of drug-likeness (QED) is 0.926. The zero-order valence-corrected chi connectivity index (χ0v) is 13.4. The number of halogens is 1. The molecule has 120 valence electrons. The third-order valence-electron chi connectivity index (χ3n) is 3.67. The van der Waals surface area contributed by atoms with E-state index in [4.69, 9.17) is 0 Å². The summed E-state index contributed by atoms with van der Waals surface area (Å²) in [7, 11) is 0. The molecular formula is C17H23FN2O2. The van der Waals surface area contributed by atoms with Gasteiger partial charge in [-0.2, -0.15) is 0 Å². The van der Waals surface area contributed by atoms with Crippen molar-refractivity contribution in [3.05, 3.63) is 35.6 Å². The summed E-state index contributed by atoms with van der Waals surface area (Å²) < 4.78 is 12.9. The molecule has 1 aromatic carbocycles. The second-order valence-corrected chi connectivity index (χ2v) is 6.86. The van der Waals surface area contributed by atoms with Crippen molar-refractivity contribution in [1.82, 2.24) is 10.2 Å². The molecule has 1 aromatic rings. The molecule has 1 heterocycles. The Balaban J connectivity index is 1.87. The zero-order valence-electron chi connectivity index (χ0n) is 13.4. The van der Waals surface area contributed by atoms with Gasteiger partial charge in [-0.3, -0.25) is 9.59 Å². The lowest BCUT2D eigenvalue weighted by Gasteiger charge is -2.23. The maximum absolute atomic E-state index is 12.9. The van der Waals surface area contributed by atoms with Crippen molar-refractivity contribution in [2.75, 3.05) is 13.1 Å². The molecule has 4 nitrogen and oxygen atoms in total. The third-order valence-corrected chi connectivity index (χ3v) is 3.67. The lowest BCUT2D eigenvalue weighted by molar-refractivity contribution is -0.129. The number of rotatable bonds is 4. The highest BCUT2D eigenvalue weighted by Gasteiger charge is 2.35. The van der Waals surface area contributed by atoms with E-state index in [-0.39, 0.29) is 35.5 Å². The Morgan fingerprint density at radius 1 is 1.32 bits per heavy atom. The van der Waals surface area contributed by atoms with Crippen LogP contribution in [0.1, 0.15) is 32.8 Å². The Morgan fingerprint density at radius 2 is 1.95 bits per heavy atom. The monoisotopic (exact) mass is 306 g/mol. The van der Waals surface area contributed by atoms with E-state index in [9.17, 15) is 14.0 Å². The predicted molar refractivity (Wildman–Crippen MR) is 82.7 cm³/mol. The standard InChI is InChI=1S/C17H23FN2O2/c1-17(2,3)19-16(22)13-10-15(21)20(11-13)9-8-12-4-6-14(18)7-5-12/h4-7,13H,8-11H2,1-3H3,(H,19,22)/t13-/m1/s1. The van der Waals surface area contributed by atoms with Crippen molar-refractivity contribution >= 4 is 11.8 Å². The van der Waals surface area contributed by atoms with Gasteiger partial charge in [-0.15, -0.1) is 0 Å². The van der Waals surface area contributed by atoms with Crippen molar-refractivity contribution in [3.63, 3.8) is 0 Å². The van der Waals surface area contributed by atoms with E-state index in [0.29, 0.717) is 19.5 Å². The number of carbonyl (C=O) groups is 2. The fourth-order valence-electron chi connectivity index (χ4n) is 2.55. The van der Waals surface area contributed by atoms with E-state index in [1.54, 1.807) is 17.0 Å². The molecule has 0 unspecified atom stereocenters. The number of nitrogens with zero attached hydrogens (tertiary/aromatic N) is 1. The molecule has 0 aromatic heterocycles. The Hall–Kier alpha value is -1.91. The summed E-state index contributed by atoms with van der Waals surface area (Å²) >= 11 is 0. The van der Waals surface area contributed by atoms with Crippen molar-refractivity contribution < 1.29 is 14.0 Å². The Morgan fingerprint density at radius 3 is 2.55 bits per heavy atom. The second-order valence-electron chi connectivity index (χ2n) is 6.86. The van der Waals surface area contributed by atoms with Crippen LogP contribution in [0.5, 0.6) is 0 Å². The number of nitrogens with one attached hydrogen (secondary N) is 1. The van der Waals surface area contributed by atoms with Gasteiger partial charge in [-0.1, -0.05) is 12.1 Å². The molecule has 1 aliphatic heterocycles. The van der Waals surface area contributed by atoms with Gasteiger partial charge < -0.3 is 10.2 Å². The van der Waals surface area contributed by atoms with Gasteiger partial charge in [0.25, 0.3) is 0 Å². The van der Waals surface area contributed by atoms with Crippen LogP contribution in [0.4, 0.5) is 4.39 Å². The Bertz CT molecular complexity index is 549. The number of carbonyl (C=O) groups excluding carboxylic acids is 2. The SMILES string of the molecule is CC(C)(C)NC(=O)[C@@H]1CC(=O)N(CCc2ccc(F)cc2)C1. The first kappa shape index (κ1) is 16.5. The molecule has 1 aliphatic rings. The van der Waals surface area contributed by atoms with Gasteiger partial charge in [0.05, 0.1) is 5.92 Å². The van der Waals surface area contributed by atoms with Gasteiger partial charge in [-0.25, -0.2) is 4.39 Å². The molecule has 0 bridgehead atoms. The van der Waals surface area contributed by atoms with E-state index < -0.39 is 0 Å². The molecule has 5 heteroatoms. The smallest absolute Gasteiger partial charge is 0.225 e. The summed E-state index contributed by atoms with van der Waals surface area (Å²) in [5.41, 5.74) is 0.693. The fourth-order valence-corrected chi connectivity index (χ4v) is 2.55. The number of benzene rings is 1. The summed E-state index contributed by atoms with van der Waals surface area (Å²) in [6.45, 7) is 6.79. The largest absolute Gasteiger partial charge is 0.351 e. The molecule has 22 heavy (non-hydrogen) atoms. The summed E-state index contributed by atoms with van der Waals surface area (Å²) in [5.74, 6) is -0.596. The van der Waals surface area contributed by atoms with Crippen LogP contribution in [0, 0.1) is 11.7 Å². The normalized spacial score (nSPS) is 18.6. The van der Waals surface area contributed by atoms with Gasteiger partial charge >= 0.3 is 0 Å². The molecule has 1 atom stereocenters. The summed E-state index contributed by atoms with van der Waals surface area (Å²) in [5, 5.41) is 2.92. The number of hydrogen-bond donors (Lipinski definition) is 1. The molecular weight excluding hydrogens is 283 g/mol. The van der Waals surface area contributed by atoms with E-state index in [0.717, 1.165) is 5.56 Å². The van der Waals surface area contributed by atoms with Crippen molar-refractivity contribution in [2.24, 2.45) is 5.92 Å². The predicted octanol–water partition coefficient (Wildman–Crippen LogP) is 2.13. The number of amides is 2. The van der Waals surface area contributed by atoms with Crippen LogP contribution in [-0.4, -0.2) is 35.3 Å². The molecule has 0 aliphatic carbocycles. The van der Waals surface area contributed by atoms with E-state index in [1.165, 1.54) is 12.1 Å². The first-order valence-electron chi connectivity index (χ1n) is 7.59. The molecule has 2 rings (SSSR count). The second kappa shape index (κ2) is 6.46. The van der Waals surface area contributed by atoms with Crippen LogP contribution >= 0.6 is 0 Å². The van der Waals surface area contributed by atoms with Gasteiger partial charge in [0.15, 0.2) is 0 Å². The minimum Gasteiger partial charge on any atom is -0.351 e. The summed E-state index contributed by atoms with van der Waals surface area (Å²) in [6, 6.07) is 6.28. The first-order chi connectivity index (χ1) is 10.2. The van der Waals surface area contributed by atoms with Gasteiger partial charge in [-0.05, 0) is 44.9 Å². The lowest BCUT2D eigenvalue weighted by Crippen LogP contribution is -2.44. The van der Waals surface area contributed by atoms with Gasteiger partial charge in [0.2, 0.25) is 11.8 Å². The summed E-state index contributed by atoms with van der Waals surface area (Å²) in [4.78, 5) is 25.9.